The molecule has 1 rings (SSSR count). The lowest BCUT2D eigenvalue weighted by molar-refractivity contribution is 0.0758. The van der Waals surface area contributed by atoms with Crippen molar-refractivity contribution < 1.29 is 9.63 Å². The van der Waals surface area contributed by atoms with Crippen LogP contribution in [0.1, 0.15) is 6.92 Å². The van der Waals surface area contributed by atoms with Crippen molar-refractivity contribution >= 4 is 23.3 Å². The Hall–Kier alpha value is -1.26. The topological polar surface area (TPSA) is 50.4 Å². The Morgan fingerprint density at radius 1 is 1.50 bits per heavy atom. The maximum Gasteiger partial charge on any atom is 0.343 e. The molecular weight excluding hydrogens is 204 g/mol. The van der Waals surface area contributed by atoms with Gasteiger partial charge in [-0.1, -0.05) is 23.7 Å². The van der Waals surface area contributed by atoms with Crippen molar-refractivity contribution in [3.05, 3.63) is 29.3 Å². The number of para-hydroxylation sites is 1. The molecule has 0 aliphatic carbocycles. The van der Waals surface area contributed by atoms with Crippen LogP contribution in [0.5, 0.6) is 0 Å². The summed E-state index contributed by atoms with van der Waals surface area (Å²) in [7, 11) is 0. The van der Waals surface area contributed by atoms with Crippen LogP contribution in [0, 0.1) is 0 Å². The fourth-order valence-electron chi connectivity index (χ4n) is 0.848. The number of amides is 2. The number of carbonyl (C=O) groups is 1. The molecule has 0 aromatic heterocycles. The number of nitrogens with one attached hydrogen (secondary N) is 2. The first-order chi connectivity index (χ1) is 6.74. The first-order valence-electron chi connectivity index (χ1n) is 4.17. The maximum atomic E-state index is 11.1. The summed E-state index contributed by atoms with van der Waals surface area (Å²) in [4.78, 5) is 15.8. The van der Waals surface area contributed by atoms with Crippen LogP contribution in [0.2, 0.25) is 5.02 Å². The van der Waals surface area contributed by atoms with Crippen LogP contribution in [-0.4, -0.2) is 12.6 Å². The molecular formula is C9H11ClN2O2. The molecule has 0 radical (unpaired) electrons. The summed E-state index contributed by atoms with van der Waals surface area (Å²) in [6, 6.07) is 6.52. The molecule has 0 heterocycles. The molecule has 76 valence electrons. The van der Waals surface area contributed by atoms with E-state index >= 15 is 0 Å². The largest absolute Gasteiger partial charge is 0.343 e. The normalized spacial score (nSPS) is 9.57. The number of hydrogen-bond donors (Lipinski definition) is 2. The smallest absolute Gasteiger partial charge is 0.305 e. The van der Waals surface area contributed by atoms with E-state index < -0.39 is 6.03 Å². The Labute approximate surface area is 87.2 Å². The molecule has 0 saturated heterocycles. The van der Waals surface area contributed by atoms with Crippen LogP contribution in [0.4, 0.5) is 10.5 Å². The zero-order valence-corrected chi connectivity index (χ0v) is 8.47. The Morgan fingerprint density at radius 3 is 2.86 bits per heavy atom. The lowest BCUT2D eigenvalue weighted by Crippen LogP contribution is -2.28. The van der Waals surface area contributed by atoms with Crippen molar-refractivity contribution in [2.75, 3.05) is 11.9 Å². The van der Waals surface area contributed by atoms with Gasteiger partial charge in [0.25, 0.3) is 0 Å². The average Bonchev–Trinajstić information content (AvgIpc) is 2.18. The highest BCUT2D eigenvalue weighted by molar-refractivity contribution is 6.33. The van der Waals surface area contributed by atoms with Crippen LogP contribution in [0.25, 0.3) is 0 Å². The molecule has 0 unspecified atom stereocenters. The number of benzene rings is 1. The van der Waals surface area contributed by atoms with Gasteiger partial charge in [-0.25, -0.2) is 10.3 Å². The minimum absolute atomic E-state index is 0.413. The number of halogens is 1. The number of urea groups is 1. The van der Waals surface area contributed by atoms with Crippen molar-refractivity contribution in [3.63, 3.8) is 0 Å². The van der Waals surface area contributed by atoms with Crippen LogP contribution in [0.15, 0.2) is 24.3 Å². The molecule has 2 N–H and O–H groups in total. The van der Waals surface area contributed by atoms with Gasteiger partial charge in [0.05, 0.1) is 17.3 Å². The van der Waals surface area contributed by atoms with E-state index in [1.807, 2.05) is 0 Å². The van der Waals surface area contributed by atoms with E-state index in [1.54, 1.807) is 31.2 Å². The highest BCUT2D eigenvalue weighted by Crippen LogP contribution is 2.19. The van der Waals surface area contributed by atoms with Crippen LogP contribution < -0.4 is 10.8 Å². The Bertz CT molecular complexity index is 317. The van der Waals surface area contributed by atoms with E-state index in [-0.39, 0.29) is 0 Å². The summed E-state index contributed by atoms with van der Waals surface area (Å²) in [5, 5.41) is 3.02. The van der Waals surface area contributed by atoms with Gasteiger partial charge < -0.3 is 5.32 Å². The number of rotatable bonds is 3. The van der Waals surface area contributed by atoms with Gasteiger partial charge in [0.2, 0.25) is 0 Å². The second-order valence-electron chi connectivity index (χ2n) is 2.47. The molecule has 0 atom stereocenters. The Kier molecular flexibility index (Phi) is 4.22. The van der Waals surface area contributed by atoms with Crippen molar-refractivity contribution in [2.45, 2.75) is 6.92 Å². The van der Waals surface area contributed by atoms with Gasteiger partial charge in [-0.05, 0) is 19.1 Å². The SMILES string of the molecule is CCONC(=O)Nc1ccccc1Cl. The monoisotopic (exact) mass is 214 g/mol. The van der Waals surface area contributed by atoms with Gasteiger partial charge in [0.15, 0.2) is 0 Å². The number of anilines is 1. The molecule has 0 saturated carbocycles. The van der Waals surface area contributed by atoms with Crippen molar-refractivity contribution in [1.82, 2.24) is 5.48 Å². The quantitative estimate of drug-likeness (QED) is 0.760. The van der Waals surface area contributed by atoms with Gasteiger partial charge in [-0.2, -0.15) is 0 Å². The number of hydrogen-bond acceptors (Lipinski definition) is 2. The molecule has 5 heteroatoms. The summed E-state index contributed by atoms with van der Waals surface area (Å²) in [6.07, 6.45) is 0. The van der Waals surface area contributed by atoms with E-state index in [0.29, 0.717) is 17.3 Å². The van der Waals surface area contributed by atoms with E-state index in [4.69, 9.17) is 16.4 Å². The van der Waals surface area contributed by atoms with E-state index in [9.17, 15) is 4.79 Å². The Morgan fingerprint density at radius 2 is 2.21 bits per heavy atom. The van der Waals surface area contributed by atoms with Crippen LogP contribution in [0.3, 0.4) is 0 Å². The molecule has 0 bridgehead atoms. The predicted molar refractivity (Wildman–Crippen MR) is 55.2 cm³/mol. The van der Waals surface area contributed by atoms with E-state index in [2.05, 4.69) is 10.8 Å². The third-order valence-corrected chi connectivity index (χ3v) is 1.76. The molecule has 14 heavy (non-hydrogen) atoms. The third kappa shape index (κ3) is 3.24. The average molecular weight is 215 g/mol. The minimum atomic E-state index is -0.444. The Balaban J connectivity index is 2.52. The maximum absolute atomic E-state index is 11.1. The molecule has 1 aromatic rings. The molecule has 4 nitrogen and oxygen atoms in total. The molecule has 0 aliphatic heterocycles. The number of carbonyl (C=O) groups excluding carboxylic acids is 1. The van der Waals surface area contributed by atoms with Crippen molar-refractivity contribution in [1.29, 1.82) is 0 Å². The lowest BCUT2D eigenvalue weighted by atomic mass is 10.3. The minimum Gasteiger partial charge on any atom is -0.305 e. The summed E-state index contributed by atoms with van der Waals surface area (Å²) >= 11 is 5.82. The lowest BCUT2D eigenvalue weighted by Gasteiger charge is -2.07. The second-order valence-corrected chi connectivity index (χ2v) is 2.88. The summed E-state index contributed by atoms with van der Waals surface area (Å²) < 4.78 is 0. The predicted octanol–water partition coefficient (Wildman–Crippen LogP) is 2.41. The first-order valence-corrected chi connectivity index (χ1v) is 4.55. The van der Waals surface area contributed by atoms with Crippen LogP contribution >= 0.6 is 11.6 Å². The molecule has 0 spiro atoms. The van der Waals surface area contributed by atoms with Crippen molar-refractivity contribution in [2.24, 2.45) is 0 Å². The highest BCUT2D eigenvalue weighted by Gasteiger charge is 2.03. The first kappa shape index (κ1) is 10.8. The highest BCUT2D eigenvalue weighted by atomic mass is 35.5. The summed E-state index contributed by atoms with van der Waals surface area (Å²) in [5.41, 5.74) is 2.75. The molecule has 0 fully saturated rings. The third-order valence-electron chi connectivity index (χ3n) is 1.43. The van der Waals surface area contributed by atoms with Crippen molar-refractivity contribution in [3.8, 4) is 0 Å². The van der Waals surface area contributed by atoms with Gasteiger partial charge in [-0.15, -0.1) is 0 Å². The van der Waals surface area contributed by atoms with Crippen LogP contribution in [-0.2, 0) is 4.84 Å². The zero-order valence-electron chi connectivity index (χ0n) is 7.71. The van der Waals surface area contributed by atoms with Gasteiger partial charge in [0, 0.05) is 0 Å². The fraction of sp³-hybridized carbons (Fsp3) is 0.222. The summed E-state index contributed by atoms with van der Waals surface area (Å²) in [5.74, 6) is 0. The second kappa shape index (κ2) is 5.47. The molecule has 2 amide bonds. The fourth-order valence-corrected chi connectivity index (χ4v) is 1.03. The van der Waals surface area contributed by atoms with E-state index in [0.717, 1.165) is 0 Å². The zero-order chi connectivity index (χ0) is 10.4. The van der Waals surface area contributed by atoms with Gasteiger partial charge in [0.1, 0.15) is 0 Å². The number of hydroxylamine groups is 1. The van der Waals surface area contributed by atoms with Gasteiger partial charge in [-0.3, -0.25) is 4.84 Å². The molecule has 1 aromatic carbocycles. The van der Waals surface area contributed by atoms with Gasteiger partial charge >= 0.3 is 6.03 Å². The standard InChI is InChI=1S/C9H11ClN2O2/c1-2-14-12-9(13)11-8-6-4-3-5-7(8)10/h3-6H,2H2,1H3,(H2,11,12,13). The summed E-state index contributed by atoms with van der Waals surface area (Å²) in [6.45, 7) is 2.19. The van der Waals surface area contributed by atoms with E-state index in [1.165, 1.54) is 0 Å². The molecule has 0 aliphatic rings.